The lowest BCUT2D eigenvalue weighted by Crippen LogP contribution is -2.48. The summed E-state index contributed by atoms with van der Waals surface area (Å²) >= 11 is 8.27. The number of amides is 1. The first-order valence-electron chi connectivity index (χ1n) is 23.0. The number of ether oxygens (including phenoxy) is 4. The summed E-state index contributed by atoms with van der Waals surface area (Å²) in [7, 11) is -3.07. The van der Waals surface area contributed by atoms with Crippen LogP contribution in [-0.2, 0) is 39.4 Å². The molecule has 4 aliphatic rings. The van der Waals surface area contributed by atoms with Crippen molar-refractivity contribution in [2.75, 3.05) is 19.0 Å². The maximum Gasteiger partial charge on any atom is 0.307 e. The number of carbonyl (C=O) groups is 4. The molecule has 0 bridgehead atoms. The van der Waals surface area contributed by atoms with Crippen LogP contribution in [-0.4, -0.2) is 92.6 Å². The highest BCUT2D eigenvalue weighted by molar-refractivity contribution is 7.59. The Balaban J connectivity index is 1.17. The monoisotopic (exact) mass is 984 g/mol. The predicted molar refractivity (Wildman–Crippen MR) is 249 cm³/mol. The van der Waals surface area contributed by atoms with Gasteiger partial charge in [-0.3, -0.25) is 23.7 Å². The van der Waals surface area contributed by atoms with Crippen LogP contribution in [0, 0.1) is 23.5 Å². The topological polar surface area (TPSA) is 184 Å². The number of halogens is 3. The fourth-order valence-corrected chi connectivity index (χ4v) is 13.8. The molecule has 1 unspecified atom stereocenters. The van der Waals surface area contributed by atoms with Gasteiger partial charge in [0, 0.05) is 47.7 Å². The summed E-state index contributed by atoms with van der Waals surface area (Å²) in [6.45, 7) is 5.36. The van der Waals surface area contributed by atoms with Gasteiger partial charge in [0.2, 0.25) is 13.3 Å². The number of rotatable bonds is 12. The van der Waals surface area contributed by atoms with E-state index in [0.717, 1.165) is 25.0 Å². The lowest BCUT2D eigenvalue weighted by Gasteiger charge is -2.32. The zero-order valence-corrected chi connectivity index (χ0v) is 40.4. The number of carbonyl (C=O) groups excluding carboxylic acids is 4. The molecule has 67 heavy (non-hydrogen) atoms. The molecule has 19 heteroatoms. The van der Waals surface area contributed by atoms with E-state index in [4.69, 9.17) is 40.5 Å². The van der Waals surface area contributed by atoms with E-state index in [1.165, 1.54) is 29.4 Å². The number of ketones is 1. The molecule has 0 radical (unpaired) electrons. The molecule has 14 nitrogen and oxygen atoms in total. The van der Waals surface area contributed by atoms with Crippen molar-refractivity contribution in [3.05, 3.63) is 64.0 Å². The molecule has 7 atom stereocenters. The number of pyridine rings is 1. The first-order valence-corrected chi connectivity index (χ1v) is 26.1. The number of nitrogens with zero attached hydrogens (tertiary/aromatic N) is 3. The van der Waals surface area contributed by atoms with E-state index in [9.17, 15) is 19.0 Å². The number of methoxy groups -OCH3 is 1. The second kappa shape index (κ2) is 20.1. The number of benzene rings is 2. The van der Waals surface area contributed by atoms with E-state index in [-0.39, 0.29) is 43.0 Å². The molecule has 2 saturated carbocycles. The minimum atomic E-state index is -4.55. The quantitative estimate of drug-likeness (QED) is 0.101. The van der Waals surface area contributed by atoms with E-state index >= 15 is 18.4 Å². The SMILES string of the molecule is COc1ccc2c(O[C@@H]3C[C@H]4C(=O)C[C@]5(P(=O)(O)Cc6c(F)cccc6F)C[C@@H]5CCCCC(=O)O[C@@H](C)[C@H](CC(=O)OC5CCCC5)C(=O)N4C3)cc(-c3csc(NC(C)C)n3)nc2c1Cl. The van der Waals surface area contributed by atoms with Crippen molar-refractivity contribution in [1.82, 2.24) is 14.9 Å². The van der Waals surface area contributed by atoms with E-state index in [1.54, 1.807) is 25.1 Å². The van der Waals surface area contributed by atoms with Gasteiger partial charge in [-0.15, -0.1) is 11.3 Å². The Morgan fingerprint density at radius 1 is 1.04 bits per heavy atom. The average molecular weight is 985 g/mol. The van der Waals surface area contributed by atoms with Crippen molar-refractivity contribution in [3.63, 3.8) is 0 Å². The van der Waals surface area contributed by atoms with Gasteiger partial charge in [0.25, 0.3) is 0 Å². The molecule has 4 heterocycles. The molecule has 2 aliphatic heterocycles. The number of hydrogen-bond donors (Lipinski definition) is 2. The van der Waals surface area contributed by atoms with Crippen LogP contribution in [0.5, 0.6) is 11.5 Å². The Kier molecular flexibility index (Phi) is 14.6. The number of Topliss-reactive ketones (excluding diaryl/α,β-unsaturated/α-hetero) is 1. The van der Waals surface area contributed by atoms with Crippen LogP contribution in [0.3, 0.4) is 0 Å². The van der Waals surface area contributed by atoms with Gasteiger partial charge < -0.3 is 34.1 Å². The number of nitrogens with one attached hydrogen (secondary N) is 1. The smallest absolute Gasteiger partial charge is 0.307 e. The Hall–Kier alpha value is -4.70. The van der Waals surface area contributed by atoms with Crippen LogP contribution >= 0.6 is 30.3 Å². The van der Waals surface area contributed by atoms with Gasteiger partial charge in [-0.2, -0.15) is 0 Å². The summed E-state index contributed by atoms with van der Waals surface area (Å²) in [6.07, 6.45) is 0.394. The first kappa shape index (κ1) is 48.7. The summed E-state index contributed by atoms with van der Waals surface area (Å²) in [5, 5.41) is 4.98. The summed E-state index contributed by atoms with van der Waals surface area (Å²) in [4.78, 5) is 79.8. The molecule has 360 valence electrons. The summed E-state index contributed by atoms with van der Waals surface area (Å²) in [5.41, 5.74) is 0.766. The molecule has 0 spiro atoms. The lowest BCUT2D eigenvalue weighted by molar-refractivity contribution is -0.163. The van der Waals surface area contributed by atoms with Gasteiger partial charge in [-0.05, 0) is 95.9 Å². The van der Waals surface area contributed by atoms with Crippen molar-refractivity contribution in [3.8, 4) is 22.9 Å². The van der Waals surface area contributed by atoms with Gasteiger partial charge in [-0.1, -0.05) is 24.1 Å². The van der Waals surface area contributed by atoms with E-state index in [1.807, 2.05) is 19.2 Å². The van der Waals surface area contributed by atoms with E-state index in [2.05, 4.69) is 5.32 Å². The largest absolute Gasteiger partial charge is 0.495 e. The van der Waals surface area contributed by atoms with Crippen LogP contribution in [0.1, 0.15) is 103 Å². The second-order valence-corrected chi connectivity index (χ2v) is 22.5. The van der Waals surface area contributed by atoms with Gasteiger partial charge in [0.15, 0.2) is 10.9 Å². The lowest BCUT2D eigenvalue weighted by atomic mass is 9.95. The van der Waals surface area contributed by atoms with Crippen molar-refractivity contribution in [1.29, 1.82) is 0 Å². The first-order chi connectivity index (χ1) is 32.0. The van der Waals surface area contributed by atoms with E-state index in [0.29, 0.717) is 71.0 Å². The fraction of sp³-hybridized carbons (Fsp3) is 0.542. The van der Waals surface area contributed by atoms with Crippen LogP contribution in [0.25, 0.3) is 22.3 Å². The number of anilines is 1. The van der Waals surface area contributed by atoms with Crippen molar-refractivity contribution >= 4 is 70.0 Å². The van der Waals surface area contributed by atoms with Crippen LogP contribution in [0.15, 0.2) is 41.8 Å². The second-order valence-electron chi connectivity index (χ2n) is 18.7. The van der Waals surface area contributed by atoms with Crippen LogP contribution in [0.4, 0.5) is 13.9 Å². The fourth-order valence-electron chi connectivity index (χ4n) is 9.99. The van der Waals surface area contributed by atoms with Crippen LogP contribution < -0.4 is 14.8 Å². The van der Waals surface area contributed by atoms with Gasteiger partial charge in [-0.25, -0.2) is 18.7 Å². The third-order valence-electron chi connectivity index (χ3n) is 13.6. The van der Waals surface area contributed by atoms with Crippen molar-refractivity contribution in [2.45, 2.75) is 140 Å². The molecular weight excluding hydrogens is 929 g/mol. The predicted octanol–water partition coefficient (Wildman–Crippen LogP) is 9.65. The molecule has 1 amide bonds. The number of thiazole rings is 1. The molecule has 4 aromatic rings. The molecule has 8 rings (SSSR count). The average Bonchev–Trinajstić information content (AvgIpc) is 3.69. The Bertz CT molecular complexity index is 2570. The summed E-state index contributed by atoms with van der Waals surface area (Å²) < 4.78 is 68.6. The van der Waals surface area contributed by atoms with Gasteiger partial charge >= 0.3 is 11.9 Å². The van der Waals surface area contributed by atoms with Crippen LogP contribution in [0.2, 0.25) is 5.02 Å². The highest BCUT2D eigenvalue weighted by atomic mass is 35.5. The zero-order valence-electron chi connectivity index (χ0n) is 37.9. The van der Waals surface area contributed by atoms with Crippen molar-refractivity contribution < 1.29 is 56.4 Å². The number of aromatic nitrogens is 2. The third kappa shape index (κ3) is 10.5. The maximum atomic E-state index is 15.1. The third-order valence-corrected chi connectivity index (χ3v) is 17.6. The Labute approximate surface area is 396 Å². The number of esters is 2. The van der Waals surface area contributed by atoms with Crippen molar-refractivity contribution in [2.24, 2.45) is 11.8 Å². The highest BCUT2D eigenvalue weighted by Crippen LogP contribution is 2.75. The molecule has 2 N–H and O–H groups in total. The molecule has 2 aromatic carbocycles. The molecule has 2 saturated heterocycles. The normalized spacial score (nSPS) is 26.0. The summed E-state index contributed by atoms with van der Waals surface area (Å²) in [5.74, 6) is -5.44. The minimum Gasteiger partial charge on any atom is -0.495 e. The summed E-state index contributed by atoms with van der Waals surface area (Å²) in [6, 6.07) is 7.19. The zero-order chi connectivity index (χ0) is 47.8. The highest BCUT2D eigenvalue weighted by Gasteiger charge is 2.66. The number of hydrogen-bond acceptors (Lipinski definition) is 13. The Morgan fingerprint density at radius 2 is 1.78 bits per heavy atom. The molecule has 2 aromatic heterocycles. The van der Waals surface area contributed by atoms with E-state index < -0.39 is 102 Å². The molecular formula is C48H56ClF2N4O10PS. The maximum absolute atomic E-state index is 15.1. The number of cyclic esters (lactones) is 1. The van der Waals surface area contributed by atoms with Gasteiger partial charge in [0.1, 0.15) is 52.2 Å². The minimum absolute atomic E-state index is 0.0237. The molecule has 2 aliphatic carbocycles. The standard InChI is InChI=1S/C48H56ClF2N4O10PS/c1-26(2)52-47-54-37(25-67-47)36-20-41(31-16-17-40(62-4)44(49)45(31)53-36)64-30-18-38-39(56)22-48(66(60,61)24-33-34(50)13-9-14-35(33)51)21-28(48)10-5-8-15-42(57)63-27(3)32(46(59)55(38)23-30)19-43(58)65-29-11-6-7-12-29/h9,13-14,16-17,20,25-30,32,38H,5-8,10-12,15,18-19,21-24H2,1-4H3,(H,52,54)(H,60,61)/t27-,28-,30+,32-,38-,48+/m0/s1. The Morgan fingerprint density at radius 3 is 2.49 bits per heavy atom. The number of fused-ring (bicyclic) bond motifs is 3. The molecule has 4 fully saturated rings. The van der Waals surface area contributed by atoms with Gasteiger partial charge in [0.05, 0.1) is 54.6 Å².